The van der Waals surface area contributed by atoms with Crippen LogP contribution in [0.3, 0.4) is 0 Å². The number of rotatable bonds is 7. The first-order valence-corrected chi connectivity index (χ1v) is 13.8. The number of fused-ring (bicyclic) bond motifs is 3. The molecule has 0 radical (unpaired) electrons. The zero-order valence-corrected chi connectivity index (χ0v) is 22.5. The summed E-state index contributed by atoms with van der Waals surface area (Å²) in [6, 6.07) is 10.9. The van der Waals surface area contributed by atoms with Gasteiger partial charge in [0.15, 0.2) is 0 Å². The van der Waals surface area contributed by atoms with Crippen LogP contribution in [0, 0.1) is 5.82 Å². The van der Waals surface area contributed by atoms with Gasteiger partial charge < -0.3 is 20.9 Å². The normalized spacial score (nSPS) is 16.4. The van der Waals surface area contributed by atoms with E-state index in [2.05, 4.69) is 37.0 Å². The quantitative estimate of drug-likeness (QED) is 0.218. The molecule has 3 aliphatic rings. The molecule has 1 saturated heterocycles. The standard InChI is InChI=1S/C32H28FN7O/c1-2-3-11-27(41)36-19-13-18(16-34-17-19)21-14-22-26(15-23(21)33)38-32-30(40-32)28(22)31-37-25-10-5-4-8-20(29(25)39-31)24-9-6-7-12-35-24/h4-9,12-17,32,38,40H,2-3,10-11H2,1H3,(H,36,41)(H,37,39). The van der Waals surface area contributed by atoms with E-state index < -0.39 is 0 Å². The molecule has 2 aliphatic heterocycles. The van der Waals surface area contributed by atoms with Crippen molar-refractivity contribution in [2.45, 2.75) is 38.8 Å². The number of anilines is 2. The second-order valence-electron chi connectivity index (χ2n) is 10.3. The number of nitrogens with one attached hydrogen (secondary N) is 4. The molecular formula is C32H28FN7O. The molecule has 0 spiro atoms. The number of carbonyl (C=O) groups excluding carboxylic acids is 1. The topological polar surface area (TPSA) is 118 Å². The third-order valence-corrected chi connectivity index (χ3v) is 7.47. The van der Waals surface area contributed by atoms with Crippen LogP contribution in [0.5, 0.6) is 0 Å². The minimum absolute atomic E-state index is 0.0679. The predicted molar refractivity (Wildman–Crippen MR) is 157 cm³/mol. The third kappa shape index (κ3) is 4.69. The van der Waals surface area contributed by atoms with Gasteiger partial charge in [-0.2, -0.15) is 0 Å². The zero-order valence-electron chi connectivity index (χ0n) is 22.5. The Morgan fingerprint density at radius 2 is 2.07 bits per heavy atom. The molecule has 4 aromatic rings. The lowest BCUT2D eigenvalue weighted by molar-refractivity contribution is -0.116. The fourth-order valence-electron chi connectivity index (χ4n) is 5.39. The van der Waals surface area contributed by atoms with E-state index in [0.29, 0.717) is 41.2 Å². The van der Waals surface area contributed by atoms with Crippen molar-refractivity contribution in [3.8, 4) is 11.1 Å². The molecule has 4 N–H and O–H groups in total. The summed E-state index contributed by atoms with van der Waals surface area (Å²) in [4.78, 5) is 29.7. The molecule has 204 valence electrons. The lowest BCUT2D eigenvalue weighted by Crippen LogP contribution is -2.13. The maximum atomic E-state index is 15.5. The van der Waals surface area contributed by atoms with E-state index >= 15 is 4.39 Å². The first kappa shape index (κ1) is 25.0. The molecule has 0 bridgehead atoms. The van der Waals surface area contributed by atoms with Gasteiger partial charge in [0.05, 0.1) is 29.0 Å². The number of benzene rings is 1. The summed E-state index contributed by atoms with van der Waals surface area (Å²) in [7, 11) is 0. The van der Waals surface area contributed by atoms with Gasteiger partial charge >= 0.3 is 0 Å². The number of hydrogen-bond donors (Lipinski definition) is 4. The molecule has 9 heteroatoms. The van der Waals surface area contributed by atoms with Crippen LogP contribution in [0.15, 0.2) is 78.9 Å². The van der Waals surface area contributed by atoms with E-state index in [4.69, 9.17) is 4.98 Å². The van der Waals surface area contributed by atoms with Crippen LogP contribution in [0.25, 0.3) is 22.3 Å². The van der Waals surface area contributed by atoms with Gasteiger partial charge in [0.25, 0.3) is 0 Å². The maximum absolute atomic E-state index is 15.5. The third-order valence-electron chi connectivity index (χ3n) is 7.47. The Labute approximate surface area is 236 Å². The first-order chi connectivity index (χ1) is 20.1. The molecule has 0 saturated carbocycles. The summed E-state index contributed by atoms with van der Waals surface area (Å²) >= 11 is 0. The van der Waals surface area contributed by atoms with Crippen molar-refractivity contribution >= 4 is 28.4 Å². The Bertz CT molecular complexity index is 1770. The second-order valence-corrected chi connectivity index (χ2v) is 10.3. The van der Waals surface area contributed by atoms with E-state index in [9.17, 15) is 4.79 Å². The number of pyridine rings is 2. The zero-order chi connectivity index (χ0) is 27.9. The van der Waals surface area contributed by atoms with Gasteiger partial charge in [-0.25, -0.2) is 9.37 Å². The van der Waals surface area contributed by atoms with Gasteiger partial charge in [0.1, 0.15) is 17.8 Å². The number of aromatic nitrogens is 4. The lowest BCUT2D eigenvalue weighted by Gasteiger charge is -2.18. The Balaban J connectivity index is 1.27. The highest BCUT2D eigenvalue weighted by molar-refractivity contribution is 5.95. The minimum atomic E-state index is -0.378. The van der Waals surface area contributed by atoms with Crippen LogP contribution in [-0.4, -0.2) is 32.0 Å². The summed E-state index contributed by atoms with van der Waals surface area (Å²) in [6.45, 7) is 2.04. The van der Waals surface area contributed by atoms with Gasteiger partial charge in [-0.1, -0.05) is 37.6 Å². The van der Waals surface area contributed by atoms with Crippen LogP contribution in [0.4, 0.5) is 15.8 Å². The molecule has 1 unspecified atom stereocenters. The summed E-state index contributed by atoms with van der Waals surface area (Å²) < 4.78 is 15.5. The molecule has 1 aliphatic carbocycles. The molecule has 1 amide bonds. The van der Waals surface area contributed by atoms with Crippen molar-refractivity contribution in [2.24, 2.45) is 0 Å². The number of carbonyl (C=O) groups is 1. The SMILES string of the molecule is CCCCC(=O)Nc1cncc(-c2cc3c(cc2F)NC2NC2=C3c2nc3c([nH]2)CC=CC=C3c2ccccn2)c1. The number of aromatic amines is 1. The number of unbranched alkanes of at least 4 members (excludes halogenated alkanes) is 1. The fourth-order valence-corrected chi connectivity index (χ4v) is 5.39. The smallest absolute Gasteiger partial charge is 0.224 e. The lowest BCUT2D eigenvalue weighted by atomic mass is 9.94. The summed E-state index contributed by atoms with van der Waals surface area (Å²) in [5, 5.41) is 9.61. The number of allylic oxidation sites excluding steroid dienone is 3. The highest BCUT2D eigenvalue weighted by Crippen LogP contribution is 2.44. The number of H-pyrrole nitrogens is 1. The number of hydrogen-bond acceptors (Lipinski definition) is 6. The average Bonchev–Trinajstić information content (AvgIpc) is 3.69. The average molecular weight is 546 g/mol. The summed E-state index contributed by atoms with van der Waals surface area (Å²) in [5.41, 5.74) is 8.58. The molecule has 1 fully saturated rings. The van der Waals surface area contributed by atoms with Gasteiger partial charge in [0.2, 0.25) is 5.91 Å². The number of nitrogens with zero attached hydrogens (tertiary/aromatic N) is 3. The van der Waals surface area contributed by atoms with Crippen molar-refractivity contribution in [1.82, 2.24) is 25.3 Å². The number of imidazole rings is 1. The Morgan fingerprint density at radius 1 is 1.15 bits per heavy atom. The van der Waals surface area contributed by atoms with E-state index in [1.165, 1.54) is 6.07 Å². The minimum Gasteiger partial charge on any atom is -0.360 e. The Hall–Kier alpha value is -5.05. The molecule has 5 heterocycles. The number of halogens is 1. The number of amides is 1. The van der Waals surface area contributed by atoms with Gasteiger partial charge in [-0.3, -0.25) is 14.8 Å². The van der Waals surface area contributed by atoms with E-state index in [-0.39, 0.29) is 17.9 Å². The molecule has 3 aromatic heterocycles. The monoisotopic (exact) mass is 545 g/mol. The van der Waals surface area contributed by atoms with Crippen molar-refractivity contribution in [3.05, 3.63) is 113 Å². The molecule has 7 rings (SSSR count). The second kappa shape index (κ2) is 10.2. The highest BCUT2D eigenvalue weighted by Gasteiger charge is 2.40. The van der Waals surface area contributed by atoms with Crippen LogP contribution < -0.4 is 16.0 Å². The van der Waals surface area contributed by atoms with Crippen molar-refractivity contribution < 1.29 is 9.18 Å². The Kier molecular flexibility index (Phi) is 6.19. The maximum Gasteiger partial charge on any atom is 0.224 e. The first-order valence-electron chi connectivity index (χ1n) is 13.8. The largest absolute Gasteiger partial charge is 0.360 e. The van der Waals surface area contributed by atoms with Crippen molar-refractivity contribution in [3.63, 3.8) is 0 Å². The van der Waals surface area contributed by atoms with E-state index in [1.807, 2.05) is 43.3 Å². The molecular weight excluding hydrogens is 517 g/mol. The van der Waals surface area contributed by atoms with Gasteiger partial charge in [0, 0.05) is 64.5 Å². The van der Waals surface area contributed by atoms with Crippen LogP contribution in [-0.2, 0) is 11.2 Å². The van der Waals surface area contributed by atoms with Crippen molar-refractivity contribution in [2.75, 3.05) is 10.6 Å². The van der Waals surface area contributed by atoms with Crippen LogP contribution in [0.1, 0.15) is 54.7 Å². The van der Waals surface area contributed by atoms with Gasteiger partial charge in [-0.05, 0) is 36.8 Å². The van der Waals surface area contributed by atoms with E-state index in [0.717, 1.165) is 52.3 Å². The van der Waals surface area contributed by atoms with Gasteiger partial charge in [-0.15, -0.1) is 0 Å². The van der Waals surface area contributed by atoms with Crippen molar-refractivity contribution in [1.29, 1.82) is 0 Å². The fraction of sp³-hybridized carbons (Fsp3) is 0.188. The summed E-state index contributed by atoms with van der Waals surface area (Å²) in [6.07, 6.45) is 13.9. The Morgan fingerprint density at radius 3 is 2.93 bits per heavy atom. The molecule has 1 atom stereocenters. The molecule has 8 nitrogen and oxygen atoms in total. The predicted octanol–water partition coefficient (Wildman–Crippen LogP) is 5.79. The van der Waals surface area contributed by atoms with E-state index in [1.54, 1.807) is 24.7 Å². The van der Waals surface area contributed by atoms with Crippen LogP contribution >= 0.6 is 0 Å². The molecule has 1 aromatic carbocycles. The highest BCUT2D eigenvalue weighted by atomic mass is 19.1. The summed E-state index contributed by atoms with van der Waals surface area (Å²) in [5.74, 6) is 0.259. The molecule has 41 heavy (non-hydrogen) atoms. The van der Waals surface area contributed by atoms with Crippen LogP contribution in [0.2, 0.25) is 0 Å².